The molecule has 0 amide bonds. The number of nitrogens with zero attached hydrogens (tertiary/aromatic N) is 2. The van der Waals surface area contributed by atoms with E-state index in [1.165, 1.54) is 30.7 Å². The molecule has 3 heteroatoms. The Morgan fingerprint density at radius 3 is 3.07 bits per heavy atom. The topological polar surface area (TPSA) is 43.8 Å². The van der Waals surface area contributed by atoms with Crippen molar-refractivity contribution in [2.24, 2.45) is 11.7 Å². The maximum absolute atomic E-state index is 6.27. The molecule has 2 heterocycles. The maximum atomic E-state index is 6.27. The standard InChI is InChI=1S/C11H17N3/c1-8-10-6-9(11(12)3-4-11)2-5-14(10)7-13-8/h7,9H,2-6,12H2,1H3. The number of nitrogens with two attached hydrogens (primary N) is 1. The minimum absolute atomic E-state index is 0.183. The number of aryl methyl sites for hydroxylation is 2. The highest BCUT2D eigenvalue weighted by Crippen LogP contribution is 2.44. The van der Waals surface area contributed by atoms with Crippen LogP contribution in [0.15, 0.2) is 6.33 Å². The Balaban J connectivity index is 1.88. The third-order valence-electron chi connectivity index (χ3n) is 3.95. The molecule has 3 nitrogen and oxygen atoms in total. The van der Waals surface area contributed by atoms with E-state index in [0.29, 0.717) is 5.92 Å². The second-order valence-corrected chi connectivity index (χ2v) is 4.89. The van der Waals surface area contributed by atoms with Crippen LogP contribution in [0.25, 0.3) is 0 Å². The summed E-state index contributed by atoms with van der Waals surface area (Å²) < 4.78 is 2.29. The molecule has 1 atom stereocenters. The van der Waals surface area contributed by atoms with Crippen LogP contribution in [0.4, 0.5) is 0 Å². The Morgan fingerprint density at radius 1 is 1.57 bits per heavy atom. The molecule has 1 aliphatic carbocycles. The maximum Gasteiger partial charge on any atom is 0.0951 e. The fraction of sp³-hybridized carbons (Fsp3) is 0.727. The van der Waals surface area contributed by atoms with Gasteiger partial charge in [0.1, 0.15) is 0 Å². The SMILES string of the molecule is Cc1ncn2c1CC(C1(N)CC1)CC2. The summed E-state index contributed by atoms with van der Waals surface area (Å²) >= 11 is 0. The normalized spacial score (nSPS) is 28.6. The van der Waals surface area contributed by atoms with Crippen LogP contribution in [-0.4, -0.2) is 15.1 Å². The summed E-state index contributed by atoms with van der Waals surface area (Å²) in [6.07, 6.45) is 6.80. The Labute approximate surface area is 84.3 Å². The third-order valence-corrected chi connectivity index (χ3v) is 3.95. The Hall–Kier alpha value is -0.830. The van der Waals surface area contributed by atoms with Crippen molar-refractivity contribution in [3.8, 4) is 0 Å². The Bertz CT molecular complexity index is 363. The molecule has 14 heavy (non-hydrogen) atoms. The highest BCUT2D eigenvalue weighted by Gasteiger charge is 2.46. The molecule has 0 aromatic carbocycles. The van der Waals surface area contributed by atoms with E-state index < -0.39 is 0 Å². The van der Waals surface area contributed by atoms with Crippen LogP contribution in [0, 0.1) is 12.8 Å². The minimum atomic E-state index is 0.183. The number of rotatable bonds is 1. The van der Waals surface area contributed by atoms with Gasteiger partial charge < -0.3 is 10.3 Å². The van der Waals surface area contributed by atoms with Crippen molar-refractivity contribution in [2.45, 2.75) is 44.7 Å². The molecule has 3 rings (SSSR count). The van der Waals surface area contributed by atoms with Crippen LogP contribution in [0.2, 0.25) is 0 Å². The van der Waals surface area contributed by atoms with Crippen LogP contribution >= 0.6 is 0 Å². The van der Waals surface area contributed by atoms with Crippen molar-refractivity contribution in [3.05, 3.63) is 17.7 Å². The molecule has 1 saturated carbocycles. The molecule has 76 valence electrons. The average molecular weight is 191 g/mol. The average Bonchev–Trinajstić information content (AvgIpc) is 2.84. The van der Waals surface area contributed by atoms with E-state index in [4.69, 9.17) is 5.73 Å². The Morgan fingerprint density at radius 2 is 2.36 bits per heavy atom. The molecule has 1 fully saturated rings. The molecule has 1 aliphatic heterocycles. The third kappa shape index (κ3) is 1.12. The van der Waals surface area contributed by atoms with Gasteiger partial charge in [0.15, 0.2) is 0 Å². The van der Waals surface area contributed by atoms with E-state index in [9.17, 15) is 0 Å². The fourth-order valence-electron chi connectivity index (χ4n) is 2.64. The molecule has 2 aliphatic rings. The molecule has 2 N–H and O–H groups in total. The first-order valence-electron chi connectivity index (χ1n) is 5.48. The summed E-state index contributed by atoms with van der Waals surface area (Å²) in [6.45, 7) is 3.21. The summed E-state index contributed by atoms with van der Waals surface area (Å²) in [4.78, 5) is 4.36. The summed E-state index contributed by atoms with van der Waals surface area (Å²) in [5.74, 6) is 0.699. The molecule has 1 aromatic rings. The summed E-state index contributed by atoms with van der Waals surface area (Å²) in [7, 11) is 0. The number of imidazole rings is 1. The van der Waals surface area contributed by atoms with Crippen molar-refractivity contribution in [1.29, 1.82) is 0 Å². The van der Waals surface area contributed by atoms with Crippen molar-refractivity contribution in [2.75, 3.05) is 0 Å². The first-order valence-corrected chi connectivity index (χ1v) is 5.48. The van der Waals surface area contributed by atoms with E-state index in [2.05, 4.69) is 16.5 Å². The van der Waals surface area contributed by atoms with Crippen LogP contribution in [0.5, 0.6) is 0 Å². The van der Waals surface area contributed by atoms with E-state index in [1.54, 1.807) is 0 Å². The molecular weight excluding hydrogens is 174 g/mol. The zero-order valence-electron chi connectivity index (χ0n) is 8.66. The first-order chi connectivity index (χ1) is 6.69. The van der Waals surface area contributed by atoms with Gasteiger partial charge in [0.25, 0.3) is 0 Å². The second kappa shape index (κ2) is 2.60. The summed E-state index contributed by atoms with van der Waals surface area (Å²) in [5, 5.41) is 0. The molecule has 1 unspecified atom stereocenters. The second-order valence-electron chi connectivity index (χ2n) is 4.89. The van der Waals surface area contributed by atoms with Gasteiger partial charge in [-0.1, -0.05) is 0 Å². The molecule has 0 bridgehead atoms. The van der Waals surface area contributed by atoms with Crippen molar-refractivity contribution in [3.63, 3.8) is 0 Å². The predicted molar refractivity (Wildman–Crippen MR) is 54.9 cm³/mol. The van der Waals surface area contributed by atoms with Gasteiger partial charge in [-0.3, -0.25) is 0 Å². The lowest BCUT2D eigenvalue weighted by molar-refractivity contribution is 0.315. The van der Waals surface area contributed by atoms with Gasteiger partial charge in [-0.05, 0) is 38.5 Å². The van der Waals surface area contributed by atoms with E-state index in [1.807, 2.05) is 6.33 Å². The van der Waals surface area contributed by atoms with Crippen LogP contribution in [0.3, 0.4) is 0 Å². The van der Waals surface area contributed by atoms with Gasteiger partial charge in [-0.25, -0.2) is 4.98 Å². The van der Waals surface area contributed by atoms with Gasteiger partial charge in [0.2, 0.25) is 0 Å². The number of hydrogen-bond acceptors (Lipinski definition) is 2. The number of aromatic nitrogens is 2. The quantitative estimate of drug-likeness (QED) is 0.726. The zero-order chi connectivity index (χ0) is 9.76. The van der Waals surface area contributed by atoms with Crippen molar-refractivity contribution >= 4 is 0 Å². The Kier molecular flexibility index (Phi) is 1.57. The number of fused-ring (bicyclic) bond motifs is 1. The first kappa shape index (κ1) is 8.48. The van der Waals surface area contributed by atoms with Gasteiger partial charge in [0, 0.05) is 17.8 Å². The highest BCUT2D eigenvalue weighted by molar-refractivity contribution is 5.18. The fourth-order valence-corrected chi connectivity index (χ4v) is 2.64. The molecule has 0 saturated heterocycles. The van der Waals surface area contributed by atoms with Gasteiger partial charge in [-0.2, -0.15) is 0 Å². The summed E-state index contributed by atoms with van der Waals surface area (Å²) in [6, 6.07) is 0. The van der Waals surface area contributed by atoms with Crippen molar-refractivity contribution < 1.29 is 0 Å². The number of hydrogen-bond donors (Lipinski definition) is 1. The van der Waals surface area contributed by atoms with Gasteiger partial charge >= 0.3 is 0 Å². The molecular formula is C11H17N3. The van der Waals surface area contributed by atoms with Crippen LogP contribution < -0.4 is 5.73 Å². The van der Waals surface area contributed by atoms with E-state index >= 15 is 0 Å². The van der Waals surface area contributed by atoms with E-state index in [-0.39, 0.29) is 5.54 Å². The zero-order valence-corrected chi connectivity index (χ0v) is 8.66. The lowest BCUT2D eigenvalue weighted by Gasteiger charge is -2.29. The largest absolute Gasteiger partial charge is 0.334 e. The lowest BCUT2D eigenvalue weighted by Crippen LogP contribution is -2.37. The summed E-state index contributed by atoms with van der Waals surface area (Å²) in [5.41, 5.74) is 9.06. The van der Waals surface area contributed by atoms with Gasteiger partial charge in [0.05, 0.1) is 12.0 Å². The van der Waals surface area contributed by atoms with Gasteiger partial charge in [-0.15, -0.1) is 0 Å². The monoisotopic (exact) mass is 191 g/mol. The highest BCUT2D eigenvalue weighted by atomic mass is 15.1. The predicted octanol–water partition coefficient (Wildman–Crippen LogP) is 1.25. The lowest BCUT2D eigenvalue weighted by atomic mass is 9.87. The van der Waals surface area contributed by atoms with Crippen LogP contribution in [-0.2, 0) is 13.0 Å². The van der Waals surface area contributed by atoms with Crippen molar-refractivity contribution in [1.82, 2.24) is 9.55 Å². The minimum Gasteiger partial charge on any atom is -0.334 e. The smallest absolute Gasteiger partial charge is 0.0951 e. The van der Waals surface area contributed by atoms with E-state index in [0.717, 1.165) is 13.0 Å². The molecule has 0 spiro atoms. The molecule has 1 aromatic heterocycles. The van der Waals surface area contributed by atoms with Crippen LogP contribution in [0.1, 0.15) is 30.7 Å². The molecule has 0 radical (unpaired) electrons.